The molecule has 0 aromatic carbocycles. The lowest BCUT2D eigenvalue weighted by molar-refractivity contribution is 0.428. The van der Waals surface area contributed by atoms with E-state index in [-0.39, 0.29) is 0 Å². The Labute approximate surface area is 118 Å². The van der Waals surface area contributed by atoms with E-state index in [9.17, 15) is 0 Å². The fourth-order valence-electron chi connectivity index (χ4n) is 2.64. The van der Waals surface area contributed by atoms with Crippen molar-refractivity contribution in [3.63, 3.8) is 0 Å². The van der Waals surface area contributed by atoms with Gasteiger partial charge < -0.3 is 10.2 Å². The SMILES string of the molecule is CCCN(c1ncc(Br)cc1C)C1CCCNC1. The number of pyridine rings is 1. The largest absolute Gasteiger partial charge is 0.352 e. The first-order valence-corrected chi connectivity index (χ1v) is 7.61. The highest BCUT2D eigenvalue weighted by molar-refractivity contribution is 9.10. The third-order valence-electron chi connectivity index (χ3n) is 3.47. The lowest BCUT2D eigenvalue weighted by Gasteiger charge is -2.36. The molecular weight excluding hydrogens is 290 g/mol. The number of anilines is 1. The van der Waals surface area contributed by atoms with Crippen LogP contribution in [0.5, 0.6) is 0 Å². The summed E-state index contributed by atoms with van der Waals surface area (Å²) in [6, 6.07) is 2.74. The van der Waals surface area contributed by atoms with Crippen molar-refractivity contribution in [3.05, 3.63) is 22.3 Å². The van der Waals surface area contributed by atoms with E-state index in [0.29, 0.717) is 6.04 Å². The standard InChI is InChI=1S/C14H22BrN3/c1-3-7-18(13-5-4-6-16-10-13)14-11(2)8-12(15)9-17-14/h8-9,13,16H,3-7,10H2,1-2H3. The van der Waals surface area contributed by atoms with E-state index in [2.05, 4.69) is 51.0 Å². The van der Waals surface area contributed by atoms with Crippen molar-refractivity contribution in [2.75, 3.05) is 24.5 Å². The van der Waals surface area contributed by atoms with Crippen LogP contribution in [0.2, 0.25) is 0 Å². The highest BCUT2D eigenvalue weighted by Gasteiger charge is 2.22. The molecule has 1 aliphatic rings. The van der Waals surface area contributed by atoms with Crippen LogP contribution in [0.15, 0.2) is 16.7 Å². The van der Waals surface area contributed by atoms with Crippen LogP contribution in [0.3, 0.4) is 0 Å². The number of halogens is 1. The number of aryl methyl sites for hydroxylation is 1. The zero-order valence-corrected chi connectivity index (χ0v) is 12.8. The van der Waals surface area contributed by atoms with Crippen LogP contribution >= 0.6 is 15.9 Å². The molecule has 0 amide bonds. The normalized spacial score (nSPS) is 19.8. The van der Waals surface area contributed by atoms with E-state index < -0.39 is 0 Å². The summed E-state index contributed by atoms with van der Waals surface area (Å²) < 4.78 is 1.06. The lowest BCUT2D eigenvalue weighted by atomic mass is 10.0. The van der Waals surface area contributed by atoms with Crippen LogP contribution in [-0.4, -0.2) is 30.7 Å². The maximum absolute atomic E-state index is 4.62. The Balaban J connectivity index is 2.22. The molecule has 100 valence electrons. The van der Waals surface area contributed by atoms with Gasteiger partial charge in [0.15, 0.2) is 0 Å². The zero-order valence-electron chi connectivity index (χ0n) is 11.2. The quantitative estimate of drug-likeness (QED) is 0.926. The second-order valence-corrected chi connectivity index (χ2v) is 5.90. The molecule has 1 unspecified atom stereocenters. The molecular formula is C14H22BrN3. The minimum Gasteiger partial charge on any atom is -0.352 e. The molecule has 0 radical (unpaired) electrons. The second-order valence-electron chi connectivity index (χ2n) is 4.99. The molecule has 0 bridgehead atoms. The molecule has 1 N–H and O–H groups in total. The van der Waals surface area contributed by atoms with Crippen molar-refractivity contribution in [2.24, 2.45) is 0 Å². The number of nitrogens with one attached hydrogen (secondary N) is 1. The van der Waals surface area contributed by atoms with Crippen molar-refractivity contribution in [3.8, 4) is 0 Å². The first kappa shape index (κ1) is 13.8. The molecule has 4 heteroatoms. The summed E-state index contributed by atoms with van der Waals surface area (Å²) in [5.41, 5.74) is 1.25. The Morgan fingerprint density at radius 1 is 1.56 bits per heavy atom. The summed E-state index contributed by atoms with van der Waals surface area (Å²) in [4.78, 5) is 7.10. The molecule has 18 heavy (non-hydrogen) atoms. The Morgan fingerprint density at radius 3 is 3.00 bits per heavy atom. The predicted octanol–water partition coefficient (Wildman–Crippen LogP) is 3.12. The molecule has 1 aliphatic heterocycles. The summed E-state index contributed by atoms with van der Waals surface area (Å²) >= 11 is 3.49. The van der Waals surface area contributed by atoms with Gasteiger partial charge in [0.25, 0.3) is 0 Å². The van der Waals surface area contributed by atoms with Crippen molar-refractivity contribution in [1.29, 1.82) is 0 Å². The topological polar surface area (TPSA) is 28.2 Å². The first-order chi connectivity index (χ1) is 8.72. The minimum absolute atomic E-state index is 0.589. The van der Waals surface area contributed by atoms with Crippen LogP contribution < -0.4 is 10.2 Å². The predicted molar refractivity (Wildman–Crippen MR) is 80.2 cm³/mol. The summed E-state index contributed by atoms with van der Waals surface area (Å²) in [6.45, 7) is 7.70. The summed E-state index contributed by atoms with van der Waals surface area (Å²) in [6.07, 6.45) is 5.60. The summed E-state index contributed by atoms with van der Waals surface area (Å²) in [5.74, 6) is 1.15. The Morgan fingerprint density at radius 2 is 2.39 bits per heavy atom. The van der Waals surface area contributed by atoms with Crippen LogP contribution in [-0.2, 0) is 0 Å². The highest BCUT2D eigenvalue weighted by atomic mass is 79.9. The molecule has 2 rings (SSSR count). The lowest BCUT2D eigenvalue weighted by Crippen LogP contribution is -2.47. The molecule has 1 aromatic rings. The smallest absolute Gasteiger partial charge is 0.131 e. The van der Waals surface area contributed by atoms with Crippen molar-refractivity contribution < 1.29 is 0 Å². The van der Waals surface area contributed by atoms with Gasteiger partial charge in [0, 0.05) is 29.8 Å². The molecule has 0 aliphatic carbocycles. The molecule has 1 atom stereocenters. The maximum atomic E-state index is 4.62. The van der Waals surface area contributed by atoms with Gasteiger partial charge in [-0.05, 0) is 60.3 Å². The number of piperidine rings is 1. The molecule has 1 saturated heterocycles. The van der Waals surface area contributed by atoms with Crippen LogP contribution in [0.4, 0.5) is 5.82 Å². The van der Waals surface area contributed by atoms with Crippen LogP contribution in [0.25, 0.3) is 0 Å². The van der Waals surface area contributed by atoms with Gasteiger partial charge in [0.2, 0.25) is 0 Å². The van der Waals surface area contributed by atoms with E-state index in [0.717, 1.165) is 36.3 Å². The fraction of sp³-hybridized carbons (Fsp3) is 0.643. The van der Waals surface area contributed by atoms with Gasteiger partial charge in [-0.2, -0.15) is 0 Å². The van der Waals surface area contributed by atoms with Gasteiger partial charge in [0.1, 0.15) is 5.82 Å². The van der Waals surface area contributed by atoms with Gasteiger partial charge in [-0.25, -0.2) is 4.98 Å². The number of rotatable bonds is 4. The molecule has 2 heterocycles. The highest BCUT2D eigenvalue weighted by Crippen LogP contribution is 2.24. The summed E-state index contributed by atoms with van der Waals surface area (Å²) in [7, 11) is 0. The average molecular weight is 312 g/mol. The third kappa shape index (κ3) is 3.23. The summed E-state index contributed by atoms with van der Waals surface area (Å²) in [5, 5.41) is 3.50. The zero-order chi connectivity index (χ0) is 13.0. The van der Waals surface area contributed by atoms with Crippen LogP contribution in [0, 0.1) is 6.92 Å². The number of nitrogens with zero attached hydrogens (tertiary/aromatic N) is 2. The fourth-order valence-corrected chi connectivity index (χ4v) is 3.08. The van der Waals surface area contributed by atoms with E-state index >= 15 is 0 Å². The van der Waals surface area contributed by atoms with Gasteiger partial charge in [-0.3, -0.25) is 0 Å². The number of hydrogen-bond acceptors (Lipinski definition) is 3. The molecule has 3 nitrogen and oxygen atoms in total. The van der Waals surface area contributed by atoms with Crippen molar-refractivity contribution in [2.45, 2.75) is 39.2 Å². The van der Waals surface area contributed by atoms with Gasteiger partial charge in [-0.1, -0.05) is 6.92 Å². The van der Waals surface area contributed by atoms with Crippen molar-refractivity contribution >= 4 is 21.7 Å². The molecule has 1 aromatic heterocycles. The first-order valence-electron chi connectivity index (χ1n) is 6.82. The molecule has 1 fully saturated rings. The molecule has 0 saturated carbocycles. The third-order valence-corrected chi connectivity index (χ3v) is 3.90. The van der Waals surface area contributed by atoms with Crippen molar-refractivity contribution in [1.82, 2.24) is 10.3 Å². The maximum Gasteiger partial charge on any atom is 0.131 e. The van der Waals surface area contributed by atoms with Gasteiger partial charge in [0.05, 0.1) is 0 Å². The Kier molecular flexibility index (Phi) is 5.01. The van der Waals surface area contributed by atoms with E-state index in [1.165, 1.54) is 18.4 Å². The van der Waals surface area contributed by atoms with E-state index in [4.69, 9.17) is 0 Å². The molecule has 0 spiro atoms. The Hall–Kier alpha value is -0.610. The van der Waals surface area contributed by atoms with Gasteiger partial charge >= 0.3 is 0 Å². The monoisotopic (exact) mass is 311 g/mol. The minimum atomic E-state index is 0.589. The van der Waals surface area contributed by atoms with Gasteiger partial charge in [-0.15, -0.1) is 0 Å². The second kappa shape index (κ2) is 6.53. The van der Waals surface area contributed by atoms with Crippen LogP contribution in [0.1, 0.15) is 31.7 Å². The van der Waals surface area contributed by atoms with E-state index in [1.807, 2.05) is 6.20 Å². The van der Waals surface area contributed by atoms with E-state index in [1.54, 1.807) is 0 Å². The average Bonchev–Trinajstić information content (AvgIpc) is 2.38. The Bertz CT molecular complexity index is 389. The number of aromatic nitrogens is 1. The number of hydrogen-bond donors (Lipinski definition) is 1.